The van der Waals surface area contributed by atoms with Crippen LogP contribution < -0.4 is 5.32 Å². The number of carbonyl (C=O) groups excluding carboxylic acids is 2. The first-order chi connectivity index (χ1) is 14.8. The number of ketones is 1. The molecule has 0 aliphatic carbocycles. The van der Waals surface area contributed by atoms with Gasteiger partial charge in [0.05, 0.1) is 23.9 Å². The quantitative estimate of drug-likeness (QED) is 0.668. The van der Waals surface area contributed by atoms with Crippen molar-refractivity contribution in [2.24, 2.45) is 7.05 Å². The normalized spacial score (nSPS) is 17.4. The number of likely N-dealkylation sites (tertiary alicyclic amines) is 1. The van der Waals surface area contributed by atoms with Crippen molar-refractivity contribution >= 4 is 39.8 Å². The van der Waals surface area contributed by atoms with Crippen LogP contribution in [-0.2, 0) is 30.2 Å². The predicted octanol–water partition coefficient (Wildman–Crippen LogP) is 3.95. The fourth-order valence-corrected chi connectivity index (χ4v) is 6.52. The lowest BCUT2D eigenvalue weighted by Gasteiger charge is -2.25. The second-order valence-electron chi connectivity index (χ2n) is 7.75. The van der Waals surface area contributed by atoms with Gasteiger partial charge in [0, 0.05) is 17.7 Å². The van der Waals surface area contributed by atoms with Gasteiger partial charge in [0.2, 0.25) is 5.91 Å². The van der Waals surface area contributed by atoms with Crippen molar-refractivity contribution in [1.82, 2.24) is 14.7 Å². The molecule has 168 valence electrons. The molecule has 6 nitrogen and oxygen atoms in total. The third-order valence-electron chi connectivity index (χ3n) is 5.57. The molecule has 31 heavy (non-hydrogen) atoms. The Bertz CT molecular complexity index is 993. The topological polar surface area (TPSA) is 67.2 Å². The summed E-state index contributed by atoms with van der Waals surface area (Å²) in [5, 5.41) is 6.85. The van der Waals surface area contributed by atoms with Gasteiger partial charge < -0.3 is 5.32 Å². The number of rotatable bonds is 5. The molecule has 0 unspecified atom stereocenters. The lowest BCUT2D eigenvalue weighted by molar-refractivity contribution is -0.144. The third-order valence-corrected chi connectivity index (χ3v) is 7.88. The highest BCUT2D eigenvalue weighted by Crippen LogP contribution is 2.42. The van der Waals surface area contributed by atoms with Gasteiger partial charge >= 0.3 is 6.18 Å². The maximum absolute atomic E-state index is 13.6. The Morgan fingerprint density at radius 2 is 1.97 bits per heavy atom. The van der Waals surface area contributed by atoms with Gasteiger partial charge in [-0.1, -0.05) is 6.42 Å². The summed E-state index contributed by atoms with van der Waals surface area (Å²) in [7, 11) is 1.17. The van der Waals surface area contributed by atoms with Gasteiger partial charge in [-0.3, -0.25) is 19.2 Å². The first kappa shape index (κ1) is 22.3. The maximum Gasteiger partial charge on any atom is 0.433 e. The third kappa shape index (κ3) is 4.68. The molecular weight excluding hydrogens is 449 g/mol. The van der Waals surface area contributed by atoms with Gasteiger partial charge in [0.1, 0.15) is 5.00 Å². The van der Waals surface area contributed by atoms with Crippen LogP contribution in [0.15, 0.2) is 6.20 Å². The predicted molar refractivity (Wildman–Crippen MR) is 115 cm³/mol. The van der Waals surface area contributed by atoms with Crippen LogP contribution >= 0.6 is 23.1 Å². The second-order valence-corrected chi connectivity index (χ2v) is 9.96. The fraction of sp³-hybridized carbons (Fsp3) is 0.550. The first-order valence-electron chi connectivity index (χ1n) is 10.1. The van der Waals surface area contributed by atoms with Gasteiger partial charge in [0.25, 0.3) is 0 Å². The van der Waals surface area contributed by atoms with Gasteiger partial charge in [-0.05, 0) is 43.7 Å². The largest absolute Gasteiger partial charge is 0.433 e. The molecule has 1 N–H and O–H groups in total. The van der Waals surface area contributed by atoms with E-state index in [1.54, 1.807) is 11.8 Å². The molecule has 0 saturated carbocycles. The number of piperidine rings is 1. The minimum absolute atomic E-state index is 0.186. The summed E-state index contributed by atoms with van der Waals surface area (Å²) >= 11 is 3.00. The molecule has 2 aliphatic heterocycles. The average Bonchev–Trinajstić information content (AvgIpc) is 3.28. The van der Waals surface area contributed by atoms with Gasteiger partial charge in [-0.2, -0.15) is 30.0 Å². The molecule has 2 aliphatic rings. The number of thiophene rings is 1. The number of amides is 1. The van der Waals surface area contributed by atoms with Gasteiger partial charge in [-0.15, -0.1) is 11.3 Å². The van der Waals surface area contributed by atoms with Crippen LogP contribution in [0, 0.1) is 0 Å². The molecule has 4 rings (SSSR count). The summed E-state index contributed by atoms with van der Waals surface area (Å²) in [5.41, 5.74) is -0.627. The minimum Gasteiger partial charge on any atom is -0.316 e. The zero-order chi connectivity index (χ0) is 22.2. The highest BCUT2D eigenvalue weighted by Gasteiger charge is 2.41. The molecule has 0 aromatic carbocycles. The summed E-state index contributed by atoms with van der Waals surface area (Å²) in [5.74, 6) is 0.480. The molecule has 0 spiro atoms. The Morgan fingerprint density at radius 3 is 2.68 bits per heavy atom. The van der Waals surface area contributed by atoms with Crippen LogP contribution in [0.25, 0.3) is 0 Å². The highest BCUT2D eigenvalue weighted by atomic mass is 32.2. The standard InChI is InChI=1S/C20H23F3N4O2S2/c1-26-18(20(21,22)23)13(9-24-26)17(29)16-12-5-8-30-11-14(12)31-19(16)25-15(28)10-27-6-3-2-4-7-27/h9H,2-8,10-11H2,1H3,(H,25,28). The van der Waals surface area contributed by atoms with Crippen molar-refractivity contribution in [3.8, 4) is 0 Å². The van der Waals surface area contributed by atoms with E-state index in [0.29, 0.717) is 21.9 Å². The van der Waals surface area contributed by atoms with Gasteiger partial charge in [-0.25, -0.2) is 0 Å². The number of fused-ring (bicyclic) bond motifs is 1. The first-order valence-corrected chi connectivity index (χ1v) is 12.1. The molecule has 1 saturated heterocycles. The van der Waals surface area contributed by atoms with Crippen LogP contribution in [0.5, 0.6) is 0 Å². The number of nitrogens with zero attached hydrogens (tertiary/aromatic N) is 3. The van der Waals surface area contributed by atoms with Crippen LogP contribution in [0.2, 0.25) is 0 Å². The number of halogens is 3. The summed E-state index contributed by atoms with van der Waals surface area (Å²) < 4.78 is 41.4. The van der Waals surface area contributed by atoms with Crippen molar-refractivity contribution < 1.29 is 22.8 Å². The van der Waals surface area contributed by atoms with Crippen LogP contribution in [-0.4, -0.2) is 51.8 Å². The Morgan fingerprint density at radius 1 is 1.23 bits per heavy atom. The average molecular weight is 473 g/mol. The Hall–Kier alpha value is -1.85. The minimum atomic E-state index is -4.71. The summed E-state index contributed by atoms with van der Waals surface area (Å²) in [6.45, 7) is 1.91. The SMILES string of the molecule is Cn1ncc(C(=O)c2c(NC(=O)CN3CCCCC3)sc3c2CCSC3)c1C(F)(F)F. The summed E-state index contributed by atoms with van der Waals surface area (Å²) in [6, 6.07) is 0. The molecule has 4 heterocycles. The Labute approximate surface area is 186 Å². The zero-order valence-electron chi connectivity index (χ0n) is 17.0. The molecule has 2 aromatic heterocycles. The van der Waals surface area contributed by atoms with Crippen molar-refractivity contribution in [1.29, 1.82) is 0 Å². The lowest BCUT2D eigenvalue weighted by atomic mass is 9.98. The molecule has 1 amide bonds. The maximum atomic E-state index is 13.6. The van der Waals surface area contributed by atoms with Crippen molar-refractivity contribution in [3.05, 3.63) is 33.5 Å². The summed E-state index contributed by atoms with van der Waals surface area (Å²) in [4.78, 5) is 29.0. The van der Waals surface area contributed by atoms with E-state index in [-0.39, 0.29) is 18.0 Å². The van der Waals surface area contributed by atoms with E-state index in [1.165, 1.54) is 18.4 Å². The molecule has 0 radical (unpaired) electrons. The molecule has 1 fully saturated rings. The molecule has 0 atom stereocenters. The second kappa shape index (κ2) is 8.95. The van der Waals surface area contributed by atoms with E-state index < -0.39 is 23.2 Å². The van der Waals surface area contributed by atoms with E-state index >= 15 is 0 Å². The lowest BCUT2D eigenvalue weighted by Crippen LogP contribution is -2.36. The molecule has 0 bridgehead atoms. The zero-order valence-corrected chi connectivity index (χ0v) is 18.7. The molecule has 11 heteroatoms. The number of nitrogens with one attached hydrogen (secondary N) is 1. The fourth-order valence-electron chi connectivity index (χ4n) is 4.12. The number of aryl methyl sites for hydroxylation is 1. The Balaban J connectivity index is 1.66. The van der Waals surface area contributed by atoms with Crippen LogP contribution in [0.1, 0.15) is 51.3 Å². The number of carbonyl (C=O) groups is 2. The van der Waals surface area contributed by atoms with Crippen LogP contribution in [0.3, 0.4) is 0 Å². The number of hydrogen-bond acceptors (Lipinski definition) is 6. The van der Waals surface area contributed by atoms with Crippen molar-refractivity contribution in [3.63, 3.8) is 0 Å². The molecule has 2 aromatic rings. The van der Waals surface area contributed by atoms with Crippen LogP contribution in [0.4, 0.5) is 18.2 Å². The number of anilines is 1. The monoisotopic (exact) mass is 472 g/mol. The van der Waals surface area contributed by atoms with E-state index in [2.05, 4.69) is 15.3 Å². The van der Waals surface area contributed by atoms with E-state index in [1.807, 2.05) is 0 Å². The smallest absolute Gasteiger partial charge is 0.316 e. The van der Waals surface area contributed by atoms with E-state index in [9.17, 15) is 22.8 Å². The van der Waals surface area contributed by atoms with E-state index in [4.69, 9.17) is 0 Å². The Kier molecular flexibility index (Phi) is 6.45. The number of hydrogen-bond donors (Lipinski definition) is 1. The number of aromatic nitrogens is 2. The number of thioether (sulfide) groups is 1. The van der Waals surface area contributed by atoms with E-state index in [0.717, 1.165) is 54.7 Å². The van der Waals surface area contributed by atoms with Crippen molar-refractivity contribution in [2.75, 3.05) is 30.7 Å². The highest BCUT2D eigenvalue weighted by molar-refractivity contribution is 7.98. The van der Waals surface area contributed by atoms with Gasteiger partial charge in [0.15, 0.2) is 11.5 Å². The molecular formula is C20H23F3N4O2S2. The van der Waals surface area contributed by atoms with Crippen molar-refractivity contribution in [2.45, 2.75) is 37.6 Å². The summed E-state index contributed by atoms with van der Waals surface area (Å²) in [6.07, 6.45) is 0.0808. The number of alkyl halides is 3.